The van der Waals surface area contributed by atoms with Crippen molar-refractivity contribution in [1.82, 2.24) is 11.1 Å². The predicted octanol–water partition coefficient (Wildman–Crippen LogP) is -0.537. The predicted molar refractivity (Wildman–Crippen MR) is 34.9 cm³/mol. The molecular formula is C5H11N3O. The molecule has 0 aromatic heterocycles. The summed E-state index contributed by atoms with van der Waals surface area (Å²) in [5.74, 6) is 0.0208. The highest BCUT2D eigenvalue weighted by Crippen LogP contribution is 2.02. The van der Waals surface area contributed by atoms with Crippen LogP contribution in [0.25, 0.3) is 0 Å². The Kier molecular flexibility index (Phi) is 2.73. The van der Waals surface area contributed by atoms with E-state index in [0.717, 1.165) is 13.1 Å². The van der Waals surface area contributed by atoms with Gasteiger partial charge in [-0.25, -0.2) is 0 Å². The van der Waals surface area contributed by atoms with Crippen molar-refractivity contribution in [3.63, 3.8) is 0 Å². The molecule has 0 radical (unpaired) electrons. The molecule has 1 aliphatic heterocycles. The van der Waals surface area contributed by atoms with Crippen LogP contribution in [0.5, 0.6) is 0 Å². The molecule has 4 nitrogen and oxygen atoms in total. The van der Waals surface area contributed by atoms with Gasteiger partial charge in [0.25, 0.3) is 0 Å². The molecule has 0 atom stereocenters. The lowest BCUT2D eigenvalue weighted by Crippen LogP contribution is -2.06. The van der Waals surface area contributed by atoms with Crippen LogP contribution in [0, 0.1) is 0 Å². The van der Waals surface area contributed by atoms with E-state index < -0.39 is 0 Å². The van der Waals surface area contributed by atoms with Gasteiger partial charge in [-0.1, -0.05) is 0 Å². The smallest absolute Gasteiger partial charge is 0.248 e. The molecule has 0 saturated carbocycles. The molecule has 1 amide bonds. The SMILES string of the molecule is N.NC=CC(=O)N1CC1. The Hall–Kier alpha value is -1.03. The Morgan fingerprint density at radius 3 is 2.44 bits per heavy atom. The summed E-state index contributed by atoms with van der Waals surface area (Å²) in [5.41, 5.74) is 4.97. The van der Waals surface area contributed by atoms with E-state index in [9.17, 15) is 4.79 Å². The lowest BCUT2D eigenvalue weighted by Gasteiger charge is -1.89. The average molecular weight is 129 g/mol. The van der Waals surface area contributed by atoms with Gasteiger partial charge in [0.1, 0.15) is 0 Å². The first-order valence-electron chi connectivity index (χ1n) is 2.52. The number of nitrogens with two attached hydrogens (primary N) is 1. The van der Waals surface area contributed by atoms with E-state index in [1.165, 1.54) is 12.3 Å². The van der Waals surface area contributed by atoms with Crippen molar-refractivity contribution in [2.24, 2.45) is 5.73 Å². The average Bonchev–Trinajstić information content (AvgIpc) is 2.45. The molecule has 1 fully saturated rings. The van der Waals surface area contributed by atoms with Crippen LogP contribution in [0.2, 0.25) is 0 Å². The molecule has 52 valence electrons. The van der Waals surface area contributed by atoms with Gasteiger partial charge in [-0.05, 0) is 6.20 Å². The van der Waals surface area contributed by atoms with Crippen molar-refractivity contribution in [1.29, 1.82) is 0 Å². The third-order valence-electron chi connectivity index (χ3n) is 0.998. The fourth-order valence-corrected chi connectivity index (χ4v) is 0.458. The first-order valence-corrected chi connectivity index (χ1v) is 2.52. The summed E-state index contributed by atoms with van der Waals surface area (Å²) >= 11 is 0. The normalized spacial score (nSPS) is 15.3. The minimum atomic E-state index is 0. The summed E-state index contributed by atoms with van der Waals surface area (Å²) in [4.78, 5) is 12.3. The maximum atomic E-state index is 10.6. The van der Waals surface area contributed by atoms with Crippen LogP contribution < -0.4 is 11.9 Å². The number of amides is 1. The highest BCUT2D eigenvalue weighted by atomic mass is 16.2. The Morgan fingerprint density at radius 1 is 1.56 bits per heavy atom. The minimum absolute atomic E-state index is 0. The van der Waals surface area contributed by atoms with Gasteiger partial charge in [0.2, 0.25) is 5.91 Å². The largest absolute Gasteiger partial charge is 0.404 e. The molecule has 0 bridgehead atoms. The van der Waals surface area contributed by atoms with Gasteiger partial charge in [-0.15, -0.1) is 0 Å². The van der Waals surface area contributed by atoms with Gasteiger partial charge in [-0.2, -0.15) is 0 Å². The number of carbonyl (C=O) groups excluding carboxylic acids is 1. The van der Waals surface area contributed by atoms with Crippen molar-refractivity contribution in [2.45, 2.75) is 0 Å². The molecular weight excluding hydrogens is 118 g/mol. The van der Waals surface area contributed by atoms with Gasteiger partial charge in [0, 0.05) is 19.2 Å². The number of carbonyl (C=O) groups is 1. The van der Waals surface area contributed by atoms with Crippen LogP contribution in [0.3, 0.4) is 0 Å². The van der Waals surface area contributed by atoms with Crippen molar-refractivity contribution < 1.29 is 4.79 Å². The Bertz CT molecular complexity index is 128. The second kappa shape index (κ2) is 3.09. The van der Waals surface area contributed by atoms with E-state index in [2.05, 4.69) is 0 Å². The van der Waals surface area contributed by atoms with Gasteiger partial charge in [0.05, 0.1) is 0 Å². The first-order chi connectivity index (χ1) is 3.84. The second-order valence-corrected chi connectivity index (χ2v) is 1.68. The molecule has 1 heterocycles. The maximum absolute atomic E-state index is 10.6. The van der Waals surface area contributed by atoms with Crippen molar-refractivity contribution in [3.05, 3.63) is 12.3 Å². The van der Waals surface area contributed by atoms with E-state index in [1.54, 1.807) is 4.90 Å². The lowest BCUT2D eigenvalue weighted by atomic mass is 10.6. The van der Waals surface area contributed by atoms with Crippen LogP contribution in [0.4, 0.5) is 0 Å². The van der Waals surface area contributed by atoms with E-state index in [1.807, 2.05) is 0 Å². The zero-order valence-electron chi connectivity index (χ0n) is 5.21. The molecule has 4 heteroatoms. The molecule has 1 saturated heterocycles. The molecule has 0 unspecified atom stereocenters. The highest BCUT2D eigenvalue weighted by molar-refractivity contribution is 5.88. The Morgan fingerprint density at radius 2 is 2.11 bits per heavy atom. The number of hydrogen-bond donors (Lipinski definition) is 2. The Labute approximate surface area is 53.9 Å². The molecule has 9 heavy (non-hydrogen) atoms. The lowest BCUT2D eigenvalue weighted by molar-refractivity contribution is -0.120. The molecule has 0 aromatic carbocycles. The van der Waals surface area contributed by atoms with Crippen molar-refractivity contribution in [2.75, 3.05) is 13.1 Å². The third-order valence-corrected chi connectivity index (χ3v) is 0.998. The van der Waals surface area contributed by atoms with Gasteiger partial charge in [0.15, 0.2) is 0 Å². The number of nitrogens with zero attached hydrogens (tertiary/aromatic N) is 1. The Balaban J connectivity index is 0.000000640. The standard InChI is InChI=1S/C5H8N2O.H3N/c6-2-1-5(8)7-3-4-7;/h1-2H,3-4,6H2;1H3. The van der Waals surface area contributed by atoms with Crippen LogP contribution in [-0.4, -0.2) is 23.9 Å². The fourth-order valence-electron chi connectivity index (χ4n) is 0.458. The van der Waals surface area contributed by atoms with Crippen LogP contribution in [0.15, 0.2) is 12.3 Å². The monoisotopic (exact) mass is 129 g/mol. The van der Waals surface area contributed by atoms with E-state index in [-0.39, 0.29) is 12.1 Å². The second-order valence-electron chi connectivity index (χ2n) is 1.68. The number of hydrogen-bond acceptors (Lipinski definition) is 3. The summed E-state index contributed by atoms with van der Waals surface area (Å²) in [7, 11) is 0. The van der Waals surface area contributed by atoms with Crippen molar-refractivity contribution >= 4 is 5.91 Å². The molecule has 1 aliphatic rings. The van der Waals surface area contributed by atoms with Crippen molar-refractivity contribution in [3.8, 4) is 0 Å². The van der Waals surface area contributed by atoms with E-state index >= 15 is 0 Å². The summed E-state index contributed by atoms with van der Waals surface area (Å²) in [6, 6.07) is 0. The molecule has 0 aliphatic carbocycles. The first kappa shape index (κ1) is 7.97. The van der Waals surface area contributed by atoms with E-state index in [4.69, 9.17) is 5.73 Å². The maximum Gasteiger partial charge on any atom is 0.248 e. The van der Waals surface area contributed by atoms with Gasteiger partial charge < -0.3 is 16.8 Å². The summed E-state index contributed by atoms with van der Waals surface area (Å²) in [5, 5.41) is 0. The fraction of sp³-hybridized carbons (Fsp3) is 0.400. The summed E-state index contributed by atoms with van der Waals surface area (Å²) in [6.07, 6.45) is 2.63. The van der Waals surface area contributed by atoms with Crippen LogP contribution in [0.1, 0.15) is 0 Å². The zero-order valence-corrected chi connectivity index (χ0v) is 5.21. The van der Waals surface area contributed by atoms with Gasteiger partial charge in [-0.3, -0.25) is 4.79 Å². The van der Waals surface area contributed by atoms with Crippen LogP contribution >= 0.6 is 0 Å². The van der Waals surface area contributed by atoms with E-state index in [0.29, 0.717) is 0 Å². The quantitative estimate of drug-likeness (QED) is 0.368. The minimum Gasteiger partial charge on any atom is -0.404 e. The van der Waals surface area contributed by atoms with Crippen LogP contribution in [-0.2, 0) is 4.79 Å². The summed E-state index contributed by atoms with van der Waals surface area (Å²) in [6.45, 7) is 1.78. The molecule has 5 N–H and O–H groups in total. The van der Waals surface area contributed by atoms with Gasteiger partial charge >= 0.3 is 0 Å². The third kappa shape index (κ3) is 2.14. The molecule has 1 rings (SSSR count). The molecule has 0 aromatic rings. The summed E-state index contributed by atoms with van der Waals surface area (Å²) < 4.78 is 0. The molecule has 0 spiro atoms. The zero-order chi connectivity index (χ0) is 5.98. The number of rotatable bonds is 1. The highest BCUT2D eigenvalue weighted by Gasteiger charge is 2.20. The topological polar surface area (TPSA) is 81.1 Å².